The summed E-state index contributed by atoms with van der Waals surface area (Å²) in [7, 11) is 2.19. The van der Waals surface area contributed by atoms with E-state index in [4.69, 9.17) is 17.3 Å². The summed E-state index contributed by atoms with van der Waals surface area (Å²) in [5, 5.41) is 0.805. The van der Waals surface area contributed by atoms with Crippen LogP contribution >= 0.6 is 11.6 Å². The molecule has 0 radical (unpaired) electrons. The number of hydrogen-bond donors (Lipinski definition) is 1. The van der Waals surface area contributed by atoms with E-state index in [2.05, 4.69) is 24.1 Å². The quantitative estimate of drug-likeness (QED) is 0.893. The lowest BCUT2D eigenvalue weighted by Crippen LogP contribution is -2.42. The molecule has 3 heteroatoms. The van der Waals surface area contributed by atoms with Gasteiger partial charge in [0.05, 0.1) is 0 Å². The highest BCUT2D eigenvalue weighted by molar-refractivity contribution is 6.30. The van der Waals surface area contributed by atoms with E-state index in [1.54, 1.807) is 0 Å². The highest BCUT2D eigenvalue weighted by Gasteiger charge is 2.26. The van der Waals surface area contributed by atoms with Crippen molar-refractivity contribution in [2.24, 2.45) is 5.73 Å². The fourth-order valence-electron chi connectivity index (χ4n) is 2.64. The molecular weight excluding hydrogens is 232 g/mol. The SMILES string of the molecule is CN(CCc1ccc(Cl)cc1)C1CCCC1N. The van der Waals surface area contributed by atoms with Crippen LogP contribution < -0.4 is 5.73 Å². The maximum Gasteiger partial charge on any atom is 0.0406 e. The Morgan fingerprint density at radius 2 is 2.00 bits per heavy atom. The molecule has 94 valence electrons. The van der Waals surface area contributed by atoms with E-state index in [0.717, 1.165) is 18.0 Å². The van der Waals surface area contributed by atoms with Gasteiger partial charge in [0.25, 0.3) is 0 Å². The molecule has 2 atom stereocenters. The fourth-order valence-corrected chi connectivity index (χ4v) is 2.76. The summed E-state index contributed by atoms with van der Waals surface area (Å²) in [6.45, 7) is 1.07. The van der Waals surface area contributed by atoms with Crippen molar-refractivity contribution in [1.82, 2.24) is 4.90 Å². The van der Waals surface area contributed by atoms with Crippen LogP contribution in [-0.2, 0) is 6.42 Å². The second-order valence-electron chi connectivity index (χ2n) is 5.02. The van der Waals surface area contributed by atoms with Gasteiger partial charge in [-0.25, -0.2) is 0 Å². The summed E-state index contributed by atoms with van der Waals surface area (Å²) < 4.78 is 0. The number of rotatable bonds is 4. The first-order valence-electron chi connectivity index (χ1n) is 6.37. The topological polar surface area (TPSA) is 29.3 Å². The average Bonchev–Trinajstić information content (AvgIpc) is 2.74. The molecule has 1 aliphatic rings. The molecule has 2 N–H and O–H groups in total. The highest BCUT2D eigenvalue weighted by Crippen LogP contribution is 2.22. The van der Waals surface area contributed by atoms with Crippen molar-refractivity contribution in [3.63, 3.8) is 0 Å². The molecule has 0 aromatic heterocycles. The second-order valence-corrected chi connectivity index (χ2v) is 5.46. The first-order chi connectivity index (χ1) is 8.16. The largest absolute Gasteiger partial charge is 0.326 e. The molecule has 0 heterocycles. The van der Waals surface area contributed by atoms with Crippen LogP contribution in [0, 0.1) is 0 Å². The minimum Gasteiger partial charge on any atom is -0.326 e. The van der Waals surface area contributed by atoms with Gasteiger partial charge < -0.3 is 10.6 Å². The van der Waals surface area contributed by atoms with Crippen LogP contribution in [0.25, 0.3) is 0 Å². The summed E-state index contributed by atoms with van der Waals surface area (Å²) in [5.41, 5.74) is 7.45. The van der Waals surface area contributed by atoms with Crippen molar-refractivity contribution in [3.8, 4) is 0 Å². The zero-order valence-corrected chi connectivity index (χ0v) is 11.2. The van der Waals surface area contributed by atoms with Gasteiger partial charge in [-0.05, 0) is 44.0 Å². The predicted octanol–water partition coefficient (Wildman–Crippen LogP) is 2.69. The monoisotopic (exact) mass is 252 g/mol. The Bertz CT molecular complexity index is 350. The van der Waals surface area contributed by atoms with Gasteiger partial charge in [0.1, 0.15) is 0 Å². The lowest BCUT2D eigenvalue weighted by Gasteiger charge is -2.27. The van der Waals surface area contributed by atoms with Gasteiger partial charge in [-0.2, -0.15) is 0 Å². The van der Waals surface area contributed by atoms with Crippen LogP contribution in [-0.4, -0.2) is 30.6 Å². The molecule has 17 heavy (non-hydrogen) atoms. The van der Waals surface area contributed by atoms with Gasteiger partial charge in [0.2, 0.25) is 0 Å². The third-order valence-electron chi connectivity index (χ3n) is 3.76. The van der Waals surface area contributed by atoms with Crippen LogP contribution in [0.5, 0.6) is 0 Å². The molecule has 2 nitrogen and oxygen atoms in total. The molecular formula is C14H21ClN2. The van der Waals surface area contributed by atoms with E-state index in [1.807, 2.05) is 12.1 Å². The van der Waals surface area contributed by atoms with Crippen molar-refractivity contribution in [2.45, 2.75) is 37.8 Å². The van der Waals surface area contributed by atoms with Gasteiger partial charge in [-0.15, -0.1) is 0 Å². The van der Waals surface area contributed by atoms with Crippen LogP contribution in [0.2, 0.25) is 5.02 Å². The van der Waals surface area contributed by atoms with Crippen molar-refractivity contribution in [3.05, 3.63) is 34.9 Å². The maximum absolute atomic E-state index is 6.11. The number of benzene rings is 1. The first-order valence-corrected chi connectivity index (χ1v) is 6.75. The van der Waals surface area contributed by atoms with E-state index in [-0.39, 0.29) is 0 Å². The number of hydrogen-bond acceptors (Lipinski definition) is 2. The molecule has 1 aliphatic carbocycles. The Kier molecular flexibility index (Phi) is 4.43. The molecule has 1 aromatic rings. The first kappa shape index (κ1) is 12.9. The van der Waals surface area contributed by atoms with E-state index in [9.17, 15) is 0 Å². The maximum atomic E-state index is 6.11. The Morgan fingerprint density at radius 3 is 2.59 bits per heavy atom. The molecule has 0 amide bonds. The van der Waals surface area contributed by atoms with E-state index in [1.165, 1.54) is 24.8 Å². The van der Waals surface area contributed by atoms with Gasteiger partial charge in [-0.3, -0.25) is 0 Å². The molecule has 0 spiro atoms. The highest BCUT2D eigenvalue weighted by atomic mass is 35.5. The van der Waals surface area contributed by atoms with E-state index in [0.29, 0.717) is 12.1 Å². The third-order valence-corrected chi connectivity index (χ3v) is 4.02. The van der Waals surface area contributed by atoms with Crippen LogP contribution in [0.4, 0.5) is 0 Å². The number of halogens is 1. The Hall–Kier alpha value is -0.570. The smallest absolute Gasteiger partial charge is 0.0406 e. The van der Waals surface area contributed by atoms with Crippen LogP contribution in [0.1, 0.15) is 24.8 Å². The van der Waals surface area contributed by atoms with E-state index >= 15 is 0 Å². The fraction of sp³-hybridized carbons (Fsp3) is 0.571. The average molecular weight is 253 g/mol. The number of nitrogens with two attached hydrogens (primary N) is 1. The van der Waals surface area contributed by atoms with Gasteiger partial charge in [-0.1, -0.05) is 30.2 Å². The van der Waals surface area contributed by atoms with E-state index < -0.39 is 0 Å². The molecule has 0 bridgehead atoms. The summed E-state index contributed by atoms with van der Waals surface area (Å²) in [6, 6.07) is 9.05. The van der Waals surface area contributed by atoms with Crippen LogP contribution in [0.3, 0.4) is 0 Å². The lowest BCUT2D eigenvalue weighted by molar-refractivity contribution is 0.231. The Labute approximate surface area is 109 Å². The standard InChI is InChI=1S/C14H21ClN2/c1-17(14-4-2-3-13(14)16)10-9-11-5-7-12(15)8-6-11/h5-8,13-14H,2-4,9-10,16H2,1H3. The van der Waals surface area contributed by atoms with Crippen molar-refractivity contribution < 1.29 is 0 Å². The molecule has 1 saturated carbocycles. The van der Waals surface area contributed by atoms with Gasteiger partial charge in [0, 0.05) is 23.7 Å². The van der Waals surface area contributed by atoms with Crippen molar-refractivity contribution in [2.75, 3.05) is 13.6 Å². The summed E-state index contributed by atoms with van der Waals surface area (Å²) >= 11 is 5.87. The molecule has 2 rings (SSSR count). The minimum atomic E-state index is 0.366. The van der Waals surface area contributed by atoms with Gasteiger partial charge >= 0.3 is 0 Å². The molecule has 0 aliphatic heterocycles. The predicted molar refractivity (Wildman–Crippen MR) is 73.4 cm³/mol. The molecule has 1 aromatic carbocycles. The molecule has 0 saturated heterocycles. The third kappa shape index (κ3) is 3.44. The van der Waals surface area contributed by atoms with Crippen LogP contribution in [0.15, 0.2) is 24.3 Å². The normalized spacial score (nSPS) is 24.5. The molecule has 2 unspecified atom stereocenters. The van der Waals surface area contributed by atoms with Gasteiger partial charge in [0.15, 0.2) is 0 Å². The lowest BCUT2D eigenvalue weighted by atomic mass is 10.1. The van der Waals surface area contributed by atoms with Crippen molar-refractivity contribution in [1.29, 1.82) is 0 Å². The van der Waals surface area contributed by atoms with Crippen molar-refractivity contribution >= 4 is 11.6 Å². The Morgan fingerprint density at radius 1 is 1.29 bits per heavy atom. The second kappa shape index (κ2) is 5.85. The summed E-state index contributed by atoms with van der Waals surface area (Å²) in [6.07, 6.45) is 4.77. The zero-order valence-electron chi connectivity index (χ0n) is 10.4. The Balaban J connectivity index is 1.83. The number of likely N-dealkylation sites (N-methyl/N-ethyl adjacent to an activating group) is 1. The summed E-state index contributed by atoms with van der Waals surface area (Å²) in [5.74, 6) is 0. The molecule has 1 fully saturated rings. The number of nitrogens with zero attached hydrogens (tertiary/aromatic N) is 1. The zero-order chi connectivity index (χ0) is 12.3. The summed E-state index contributed by atoms with van der Waals surface area (Å²) in [4.78, 5) is 2.41. The minimum absolute atomic E-state index is 0.366.